The summed E-state index contributed by atoms with van der Waals surface area (Å²) in [6.07, 6.45) is 3.15. The number of halogens is 1. The first kappa shape index (κ1) is 21.3. The van der Waals surface area contributed by atoms with Gasteiger partial charge in [-0.3, -0.25) is 4.79 Å². The van der Waals surface area contributed by atoms with Gasteiger partial charge in [-0.25, -0.2) is 4.79 Å². The van der Waals surface area contributed by atoms with Crippen LogP contribution in [0.2, 0.25) is 0 Å². The Kier molecular flexibility index (Phi) is 7.03. The summed E-state index contributed by atoms with van der Waals surface area (Å²) in [5, 5.41) is 0. The lowest BCUT2D eigenvalue weighted by Gasteiger charge is -2.08. The third-order valence-electron chi connectivity index (χ3n) is 4.27. The number of ketones is 1. The van der Waals surface area contributed by atoms with E-state index < -0.39 is 5.97 Å². The normalized spacial score (nSPS) is 10.6. The Hall–Kier alpha value is -3.38. The molecular formula is C24H19BrO5. The maximum Gasteiger partial charge on any atom is 0.343 e. The molecule has 0 heterocycles. The highest BCUT2D eigenvalue weighted by Crippen LogP contribution is 2.25. The smallest absolute Gasteiger partial charge is 0.343 e. The lowest BCUT2D eigenvalue weighted by atomic mass is 10.1. The predicted octanol–water partition coefficient (Wildman–Crippen LogP) is 5.58. The molecule has 3 rings (SSSR count). The van der Waals surface area contributed by atoms with Crippen LogP contribution in [0.5, 0.6) is 17.2 Å². The van der Waals surface area contributed by atoms with Crippen molar-refractivity contribution in [2.24, 2.45) is 0 Å². The minimum Gasteiger partial charge on any atom is -0.497 e. The van der Waals surface area contributed by atoms with Crippen LogP contribution >= 0.6 is 15.9 Å². The zero-order chi connectivity index (χ0) is 21.5. The molecule has 30 heavy (non-hydrogen) atoms. The number of benzene rings is 3. The Morgan fingerprint density at radius 1 is 0.833 bits per heavy atom. The SMILES string of the molecule is COc1ccc(C(=O)C=Cc2ccc(OC(=O)c3ccc(Br)cc3)cc2)c(OC)c1. The summed E-state index contributed by atoms with van der Waals surface area (Å²) in [5.74, 6) is 0.843. The number of hydrogen-bond donors (Lipinski definition) is 0. The number of allylic oxidation sites excluding steroid dienone is 1. The fourth-order valence-electron chi connectivity index (χ4n) is 2.66. The summed E-state index contributed by atoms with van der Waals surface area (Å²) >= 11 is 3.33. The molecule has 0 fully saturated rings. The molecule has 0 radical (unpaired) electrons. The molecule has 0 saturated heterocycles. The van der Waals surface area contributed by atoms with E-state index in [-0.39, 0.29) is 5.78 Å². The first-order valence-electron chi connectivity index (χ1n) is 9.02. The van der Waals surface area contributed by atoms with Gasteiger partial charge in [0.15, 0.2) is 5.78 Å². The van der Waals surface area contributed by atoms with Crippen molar-refractivity contribution >= 4 is 33.8 Å². The Bertz CT molecular complexity index is 1070. The molecule has 0 aliphatic heterocycles. The summed E-state index contributed by atoms with van der Waals surface area (Å²) in [6, 6.07) is 18.8. The van der Waals surface area contributed by atoms with Crippen molar-refractivity contribution in [2.75, 3.05) is 14.2 Å². The van der Waals surface area contributed by atoms with Crippen molar-refractivity contribution in [3.8, 4) is 17.2 Å². The first-order chi connectivity index (χ1) is 14.5. The van der Waals surface area contributed by atoms with Gasteiger partial charge >= 0.3 is 5.97 Å². The molecular weight excluding hydrogens is 448 g/mol. The van der Waals surface area contributed by atoms with Gasteiger partial charge in [-0.2, -0.15) is 0 Å². The number of ether oxygens (including phenoxy) is 3. The fraction of sp³-hybridized carbons (Fsp3) is 0.0833. The van der Waals surface area contributed by atoms with Gasteiger partial charge in [0.2, 0.25) is 0 Å². The van der Waals surface area contributed by atoms with E-state index in [1.165, 1.54) is 13.2 Å². The van der Waals surface area contributed by atoms with Crippen molar-refractivity contribution in [1.82, 2.24) is 0 Å². The minimum atomic E-state index is -0.437. The van der Waals surface area contributed by atoms with E-state index in [1.807, 2.05) is 0 Å². The summed E-state index contributed by atoms with van der Waals surface area (Å²) < 4.78 is 16.7. The molecule has 3 aromatic carbocycles. The molecule has 0 aromatic heterocycles. The monoisotopic (exact) mass is 466 g/mol. The minimum absolute atomic E-state index is 0.194. The van der Waals surface area contributed by atoms with Crippen LogP contribution in [0.1, 0.15) is 26.3 Å². The summed E-state index contributed by atoms with van der Waals surface area (Å²) in [4.78, 5) is 24.7. The maximum atomic E-state index is 12.5. The average molecular weight is 467 g/mol. The second-order valence-corrected chi connectivity index (χ2v) is 7.14. The standard InChI is InChI=1S/C24H19BrO5/c1-28-20-12-13-21(23(15-20)29-2)22(26)14-5-16-3-10-19(11-4-16)30-24(27)17-6-8-18(25)9-7-17/h3-15H,1-2H3. The van der Waals surface area contributed by atoms with Crippen molar-refractivity contribution < 1.29 is 23.8 Å². The Labute approximate surface area is 183 Å². The van der Waals surface area contributed by atoms with Gasteiger partial charge in [-0.05, 0) is 60.2 Å². The molecule has 0 saturated carbocycles. The van der Waals surface area contributed by atoms with Crippen molar-refractivity contribution in [3.63, 3.8) is 0 Å². The highest BCUT2D eigenvalue weighted by Gasteiger charge is 2.11. The van der Waals surface area contributed by atoms with E-state index in [0.29, 0.717) is 28.4 Å². The van der Waals surface area contributed by atoms with Crippen LogP contribution in [0, 0.1) is 0 Å². The van der Waals surface area contributed by atoms with Crippen LogP contribution in [-0.2, 0) is 0 Å². The average Bonchev–Trinajstić information content (AvgIpc) is 2.78. The van der Waals surface area contributed by atoms with Crippen molar-refractivity contribution in [3.05, 3.63) is 94.0 Å². The Morgan fingerprint density at radius 3 is 2.13 bits per heavy atom. The highest BCUT2D eigenvalue weighted by atomic mass is 79.9. The van der Waals surface area contributed by atoms with Crippen molar-refractivity contribution in [2.45, 2.75) is 0 Å². The number of esters is 1. The molecule has 0 spiro atoms. The number of rotatable bonds is 7. The third kappa shape index (κ3) is 5.36. The first-order valence-corrected chi connectivity index (χ1v) is 9.81. The van der Waals surface area contributed by atoms with Crippen LogP contribution in [0.3, 0.4) is 0 Å². The molecule has 0 unspecified atom stereocenters. The molecule has 0 N–H and O–H groups in total. The van der Waals surface area contributed by atoms with Crippen LogP contribution in [-0.4, -0.2) is 26.0 Å². The molecule has 152 valence electrons. The second kappa shape index (κ2) is 9.89. The van der Waals surface area contributed by atoms with Gasteiger partial charge in [0, 0.05) is 10.5 Å². The number of methoxy groups -OCH3 is 2. The van der Waals surface area contributed by atoms with Crippen LogP contribution in [0.25, 0.3) is 6.08 Å². The van der Waals surface area contributed by atoms with E-state index in [4.69, 9.17) is 14.2 Å². The molecule has 0 bridgehead atoms. The van der Waals surface area contributed by atoms with Crippen LogP contribution in [0.4, 0.5) is 0 Å². The zero-order valence-electron chi connectivity index (χ0n) is 16.4. The molecule has 0 atom stereocenters. The lowest BCUT2D eigenvalue weighted by Crippen LogP contribution is -2.08. The van der Waals surface area contributed by atoms with E-state index in [0.717, 1.165) is 10.0 Å². The van der Waals surface area contributed by atoms with E-state index in [9.17, 15) is 9.59 Å². The lowest BCUT2D eigenvalue weighted by molar-refractivity contribution is 0.0734. The highest BCUT2D eigenvalue weighted by molar-refractivity contribution is 9.10. The molecule has 5 nitrogen and oxygen atoms in total. The van der Waals surface area contributed by atoms with Gasteiger partial charge in [-0.1, -0.05) is 34.1 Å². The van der Waals surface area contributed by atoms with Gasteiger partial charge < -0.3 is 14.2 Å². The van der Waals surface area contributed by atoms with Gasteiger partial charge in [0.1, 0.15) is 17.2 Å². The largest absolute Gasteiger partial charge is 0.497 e. The van der Waals surface area contributed by atoms with Crippen molar-refractivity contribution in [1.29, 1.82) is 0 Å². The molecule has 6 heteroatoms. The molecule has 0 amide bonds. The quantitative estimate of drug-likeness (QED) is 0.197. The van der Waals surface area contributed by atoms with E-state index in [2.05, 4.69) is 15.9 Å². The number of hydrogen-bond acceptors (Lipinski definition) is 5. The van der Waals surface area contributed by atoms with Gasteiger partial charge in [0.05, 0.1) is 25.3 Å². The summed E-state index contributed by atoms with van der Waals surface area (Å²) in [6.45, 7) is 0. The fourth-order valence-corrected chi connectivity index (χ4v) is 2.93. The zero-order valence-corrected chi connectivity index (χ0v) is 18.0. The topological polar surface area (TPSA) is 61.8 Å². The number of carbonyl (C=O) groups is 2. The van der Waals surface area contributed by atoms with Gasteiger partial charge in [-0.15, -0.1) is 0 Å². The Morgan fingerprint density at radius 2 is 1.50 bits per heavy atom. The molecule has 0 aliphatic rings. The van der Waals surface area contributed by atoms with Crippen LogP contribution in [0.15, 0.2) is 77.3 Å². The second-order valence-electron chi connectivity index (χ2n) is 6.23. The predicted molar refractivity (Wildman–Crippen MR) is 118 cm³/mol. The number of carbonyl (C=O) groups excluding carboxylic acids is 2. The molecule has 0 aliphatic carbocycles. The maximum absolute atomic E-state index is 12.5. The molecule has 3 aromatic rings. The van der Waals surface area contributed by atoms with E-state index >= 15 is 0 Å². The van der Waals surface area contributed by atoms with Gasteiger partial charge in [0.25, 0.3) is 0 Å². The van der Waals surface area contributed by atoms with Crippen LogP contribution < -0.4 is 14.2 Å². The summed E-state index contributed by atoms with van der Waals surface area (Å²) in [7, 11) is 3.06. The third-order valence-corrected chi connectivity index (χ3v) is 4.80. The summed E-state index contributed by atoms with van der Waals surface area (Å²) in [5.41, 5.74) is 1.69. The Balaban J connectivity index is 1.66. The van der Waals surface area contributed by atoms with E-state index in [1.54, 1.807) is 79.9 Å².